The zero-order valence-electron chi connectivity index (χ0n) is 22.5. The number of hydrogen-bond acceptors (Lipinski definition) is 9. The number of benzene rings is 2. The number of hydrogen-bond donors (Lipinski definition) is 2. The molecule has 5 atom stereocenters. The van der Waals surface area contributed by atoms with Crippen LogP contribution in [0.4, 0.5) is 0 Å². The number of Topliss-reactive ketones (excluding diaryl/α,β-unsaturated/α-hetero) is 2. The molecule has 2 N–H and O–H groups in total. The molecule has 208 valence electrons. The lowest BCUT2D eigenvalue weighted by molar-refractivity contribution is -0.152. The Labute approximate surface area is 233 Å². The summed E-state index contributed by atoms with van der Waals surface area (Å²) in [6.45, 7) is 4.69. The maximum atomic E-state index is 15.0. The number of aromatic hydroxyl groups is 2. The summed E-state index contributed by atoms with van der Waals surface area (Å²) in [5, 5.41) is 22.0. The zero-order valence-corrected chi connectivity index (χ0v) is 22.5. The minimum atomic E-state index is -1.54. The van der Waals surface area contributed by atoms with E-state index in [-0.39, 0.29) is 57.6 Å². The van der Waals surface area contributed by atoms with Crippen molar-refractivity contribution in [1.29, 1.82) is 0 Å². The molecular weight excluding hydrogens is 530 g/mol. The number of esters is 2. The Balaban J connectivity index is 1.55. The number of fused-ring (bicyclic) bond motifs is 5. The molecule has 2 unspecified atom stereocenters. The number of nitrogens with zero attached hydrogens (tertiary/aromatic N) is 1. The van der Waals surface area contributed by atoms with E-state index in [4.69, 9.17) is 9.47 Å². The minimum Gasteiger partial charge on any atom is -0.507 e. The van der Waals surface area contributed by atoms with Crippen LogP contribution in [0.2, 0.25) is 0 Å². The van der Waals surface area contributed by atoms with Crippen molar-refractivity contribution in [3.8, 4) is 11.5 Å². The first-order chi connectivity index (χ1) is 19.5. The highest BCUT2D eigenvalue weighted by atomic mass is 16.6. The number of aryl methyl sites for hydroxylation is 2. The van der Waals surface area contributed by atoms with E-state index in [1.165, 1.54) is 19.1 Å². The number of amides is 1. The van der Waals surface area contributed by atoms with Crippen LogP contribution in [0.5, 0.6) is 11.5 Å². The van der Waals surface area contributed by atoms with Crippen molar-refractivity contribution in [2.75, 3.05) is 13.2 Å². The van der Waals surface area contributed by atoms with Crippen LogP contribution in [0.25, 0.3) is 5.57 Å². The lowest BCUT2D eigenvalue weighted by atomic mass is 9.60. The van der Waals surface area contributed by atoms with Gasteiger partial charge in [0.2, 0.25) is 0 Å². The van der Waals surface area contributed by atoms with Crippen molar-refractivity contribution < 1.29 is 43.7 Å². The summed E-state index contributed by atoms with van der Waals surface area (Å²) in [4.78, 5) is 70.4. The highest BCUT2D eigenvalue weighted by Gasteiger charge is 2.71. The van der Waals surface area contributed by atoms with Crippen molar-refractivity contribution in [3.63, 3.8) is 0 Å². The van der Waals surface area contributed by atoms with E-state index in [2.05, 4.69) is 0 Å². The van der Waals surface area contributed by atoms with Gasteiger partial charge in [0.1, 0.15) is 29.8 Å². The van der Waals surface area contributed by atoms with Gasteiger partial charge < -0.3 is 24.6 Å². The Morgan fingerprint density at radius 2 is 1.66 bits per heavy atom. The van der Waals surface area contributed by atoms with Crippen molar-refractivity contribution >= 4 is 35.0 Å². The normalized spacial score (nSPS) is 30.1. The van der Waals surface area contributed by atoms with Gasteiger partial charge in [0.25, 0.3) is 5.91 Å². The number of rotatable bonds is 1. The zero-order chi connectivity index (χ0) is 28.9. The van der Waals surface area contributed by atoms with Gasteiger partial charge in [-0.3, -0.25) is 19.2 Å². The summed E-state index contributed by atoms with van der Waals surface area (Å²) < 4.78 is 11.5. The maximum absolute atomic E-state index is 15.0. The Kier molecular flexibility index (Phi) is 4.41. The van der Waals surface area contributed by atoms with Crippen molar-refractivity contribution in [2.24, 2.45) is 5.92 Å². The average molecular weight is 556 g/mol. The quantitative estimate of drug-likeness (QED) is 0.507. The maximum Gasteiger partial charge on any atom is 0.342 e. The second-order valence-electron chi connectivity index (χ2n) is 12.0. The van der Waals surface area contributed by atoms with Crippen molar-refractivity contribution in [2.45, 2.75) is 57.1 Å². The summed E-state index contributed by atoms with van der Waals surface area (Å²) in [5.41, 5.74) is 1.17. The van der Waals surface area contributed by atoms with Crippen molar-refractivity contribution in [3.05, 3.63) is 62.2 Å². The van der Waals surface area contributed by atoms with Crippen LogP contribution >= 0.6 is 0 Å². The molecule has 3 heterocycles. The number of cyclic esters (lactones) is 1. The minimum absolute atomic E-state index is 0.0613. The summed E-state index contributed by atoms with van der Waals surface area (Å²) in [6.07, 6.45) is 0.0498. The molecule has 41 heavy (non-hydrogen) atoms. The van der Waals surface area contributed by atoms with Crippen LogP contribution < -0.4 is 0 Å². The van der Waals surface area contributed by atoms with E-state index >= 15 is 0 Å². The fourth-order valence-corrected chi connectivity index (χ4v) is 8.80. The summed E-state index contributed by atoms with van der Waals surface area (Å²) >= 11 is 0. The molecule has 3 aliphatic carbocycles. The summed E-state index contributed by atoms with van der Waals surface area (Å²) in [5.74, 6) is -5.22. The van der Waals surface area contributed by atoms with Gasteiger partial charge in [-0.15, -0.1) is 0 Å². The van der Waals surface area contributed by atoms with E-state index in [1.807, 2.05) is 0 Å². The largest absolute Gasteiger partial charge is 0.507 e. The Morgan fingerprint density at radius 3 is 2.37 bits per heavy atom. The summed E-state index contributed by atoms with van der Waals surface area (Å²) in [7, 11) is 0. The average Bonchev–Trinajstić information content (AvgIpc) is 3.45. The molecule has 10 nitrogen and oxygen atoms in total. The number of carbonyl (C=O) groups excluding carboxylic acids is 5. The second kappa shape index (κ2) is 7.43. The molecule has 1 saturated heterocycles. The molecule has 0 saturated carbocycles. The fourth-order valence-electron chi connectivity index (χ4n) is 8.80. The fraction of sp³-hybridized carbons (Fsp3) is 0.387. The van der Waals surface area contributed by atoms with Crippen LogP contribution in [-0.4, -0.2) is 69.8 Å². The van der Waals surface area contributed by atoms with Gasteiger partial charge >= 0.3 is 11.9 Å². The third-order valence-corrected chi connectivity index (χ3v) is 10.0. The van der Waals surface area contributed by atoms with E-state index < -0.39 is 47.1 Å². The molecule has 8 rings (SSSR count). The predicted octanol–water partition coefficient (Wildman–Crippen LogP) is 2.62. The topological polar surface area (TPSA) is 148 Å². The van der Waals surface area contributed by atoms with Crippen LogP contribution in [-0.2, 0) is 24.5 Å². The molecule has 0 radical (unpaired) electrons. The smallest absolute Gasteiger partial charge is 0.342 e. The summed E-state index contributed by atoms with van der Waals surface area (Å²) in [6, 6.07) is 2.36. The number of phenols is 2. The van der Waals surface area contributed by atoms with Crippen LogP contribution in [0, 0.1) is 19.8 Å². The molecule has 0 aromatic heterocycles. The predicted molar refractivity (Wildman–Crippen MR) is 140 cm³/mol. The number of ether oxygens (including phenoxy) is 2. The van der Waals surface area contributed by atoms with Crippen LogP contribution in [0.3, 0.4) is 0 Å². The highest BCUT2D eigenvalue weighted by Crippen LogP contribution is 2.66. The van der Waals surface area contributed by atoms with Gasteiger partial charge in [-0.2, -0.15) is 0 Å². The Bertz CT molecular complexity index is 1780. The molecule has 2 aromatic carbocycles. The molecule has 1 fully saturated rings. The molecule has 2 aromatic rings. The third-order valence-electron chi connectivity index (χ3n) is 10.0. The molecule has 6 aliphatic rings. The first-order valence-electron chi connectivity index (χ1n) is 13.7. The first-order valence-corrected chi connectivity index (χ1v) is 13.7. The molecule has 3 aliphatic heterocycles. The molecule has 1 amide bonds. The molecule has 10 heteroatoms. The first kappa shape index (κ1) is 24.3. The lowest BCUT2D eigenvalue weighted by Crippen LogP contribution is -2.57. The van der Waals surface area contributed by atoms with E-state index in [0.717, 1.165) is 0 Å². The third kappa shape index (κ3) is 2.53. The Morgan fingerprint density at radius 1 is 0.976 bits per heavy atom. The van der Waals surface area contributed by atoms with Gasteiger partial charge in [0.05, 0.1) is 22.8 Å². The number of carbonyl (C=O) groups is 5. The van der Waals surface area contributed by atoms with Gasteiger partial charge in [-0.1, -0.05) is 0 Å². The SMILES string of the molecule is CC(=O)O[C@H]1[C@@H]2C(=O)c3c(C)cc(O)c4c3[C@@]1(COC4=O)C1=C2c2c(C)cc(O)c3c2C(C1=O)C1CCCN1C3=O. The molecular formula is C31H25NO9. The van der Waals surface area contributed by atoms with Crippen LogP contribution in [0.1, 0.15) is 84.6 Å². The van der Waals surface area contributed by atoms with Crippen molar-refractivity contribution in [1.82, 2.24) is 4.90 Å². The van der Waals surface area contributed by atoms with E-state index in [1.54, 1.807) is 18.7 Å². The standard InChI is InChI=1S/C31H25NO9/c1-10-7-14(34)19-21-16(10)22-23-26(36)17-11(2)8-15(35)20-24(17)31(9-40-30(20)39,28(23)41-12(3)33)25(22)27(37)18(21)13-5-4-6-32(13)29(19)38/h7-8,13,18,23,28,34-35H,4-6,9H2,1-3H3/t13?,18?,23-,28-,31-/m0/s1. The van der Waals surface area contributed by atoms with Gasteiger partial charge in [0, 0.05) is 30.6 Å². The number of phenolic OH excluding ortho intramolecular Hbond substituents is 2. The highest BCUT2D eigenvalue weighted by molar-refractivity contribution is 6.25. The monoisotopic (exact) mass is 555 g/mol. The lowest BCUT2D eigenvalue weighted by Gasteiger charge is -2.46. The van der Waals surface area contributed by atoms with Gasteiger partial charge in [-0.05, 0) is 72.2 Å². The second-order valence-corrected chi connectivity index (χ2v) is 12.0. The van der Waals surface area contributed by atoms with E-state index in [0.29, 0.717) is 47.2 Å². The van der Waals surface area contributed by atoms with Crippen LogP contribution in [0.15, 0.2) is 17.7 Å². The molecule has 2 bridgehead atoms. The van der Waals surface area contributed by atoms with Gasteiger partial charge in [-0.25, -0.2) is 4.79 Å². The Hall–Kier alpha value is -4.47. The van der Waals surface area contributed by atoms with Gasteiger partial charge in [0.15, 0.2) is 11.6 Å². The molecule has 1 spiro atoms. The van der Waals surface area contributed by atoms with E-state index in [9.17, 15) is 34.2 Å². The number of ketones is 2.